The second kappa shape index (κ2) is 6.41. The second-order valence-electron chi connectivity index (χ2n) is 5.08. The van der Waals surface area contributed by atoms with Crippen molar-refractivity contribution in [2.45, 2.75) is 13.3 Å². The van der Waals surface area contributed by atoms with Crippen LogP contribution in [0.4, 0.5) is 0 Å². The van der Waals surface area contributed by atoms with Gasteiger partial charge in [-0.15, -0.1) is 0 Å². The highest BCUT2D eigenvalue weighted by Gasteiger charge is 2.13. The number of hydrogen-bond donors (Lipinski definition) is 1. The van der Waals surface area contributed by atoms with E-state index in [0.717, 1.165) is 25.8 Å². The lowest BCUT2D eigenvalue weighted by Crippen LogP contribution is -2.10. The van der Waals surface area contributed by atoms with E-state index < -0.39 is 0 Å². The van der Waals surface area contributed by atoms with Gasteiger partial charge in [-0.2, -0.15) is 0 Å². The first-order chi connectivity index (χ1) is 11.0. The van der Waals surface area contributed by atoms with Crippen LogP contribution in [-0.4, -0.2) is 22.1 Å². The van der Waals surface area contributed by atoms with Gasteiger partial charge in [-0.1, -0.05) is 0 Å². The van der Waals surface area contributed by atoms with Gasteiger partial charge in [0.15, 0.2) is 0 Å². The van der Waals surface area contributed by atoms with Gasteiger partial charge in [0.05, 0.1) is 32.7 Å². The van der Waals surface area contributed by atoms with E-state index in [1.54, 1.807) is 13.2 Å². The molecule has 118 valence electrons. The zero-order valence-corrected chi connectivity index (χ0v) is 15.7. The Morgan fingerprint density at radius 3 is 2.61 bits per heavy atom. The van der Waals surface area contributed by atoms with Gasteiger partial charge in [0.25, 0.3) is 5.56 Å². The number of halogens is 2. The number of nitrogens with one attached hydrogen (secondary N) is 1. The SMILES string of the molecule is COc1c(Br)cc(Cc2c(=O)nccc3[nH]c(C)nc23)cc1Br. The normalized spacial score (nSPS) is 11.0. The number of benzene rings is 1. The minimum absolute atomic E-state index is 0.269. The van der Waals surface area contributed by atoms with Gasteiger partial charge in [-0.3, -0.25) is 4.79 Å². The average molecular weight is 439 g/mol. The number of imidazole rings is 1. The van der Waals surface area contributed by atoms with Crippen molar-refractivity contribution >= 4 is 42.9 Å². The van der Waals surface area contributed by atoms with Crippen LogP contribution in [0.15, 0.2) is 38.1 Å². The van der Waals surface area contributed by atoms with E-state index in [9.17, 15) is 4.79 Å². The van der Waals surface area contributed by atoms with Crippen LogP contribution in [0.5, 0.6) is 5.75 Å². The number of aromatic amines is 1. The zero-order valence-electron chi connectivity index (χ0n) is 12.5. The fraction of sp³-hybridized carbons (Fsp3) is 0.188. The summed E-state index contributed by atoms with van der Waals surface area (Å²) in [4.78, 5) is 23.8. The van der Waals surface area contributed by atoms with Crippen LogP contribution in [0.1, 0.15) is 17.0 Å². The molecule has 0 bridgehead atoms. The summed E-state index contributed by atoms with van der Waals surface area (Å²) in [6.45, 7) is 1.86. The van der Waals surface area contributed by atoms with E-state index in [2.05, 4.69) is 46.8 Å². The Morgan fingerprint density at radius 1 is 1.26 bits per heavy atom. The Hall–Kier alpha value is -1.73. The first-order valence-corrected chi connectivity index (χ1v) is 8.44. The molecule has 1 N–H and O–H groups in total. The fourth-order valence-electron chi connectivity index (χ4n) is 2.49. The number of fused-ring (bicyclic) bond motifs is 1. The van der Waals surface area contributed by atoms with Gasteiger partial charge in [0, 0.05) is 12.6 Å². The third-order valence-corrected chi connectivity index (χ3v) is 4.65. The lowest BCUT2D eigenvalue weighted by Gasteiger charge is -2.09. The first-order valence-electron chi connectivity index (χ1n) is 6.86. The van der Waals surface area contributed by atoms with Crippen molar-refractivity contribution in [1.29, 1.82) is 0 Å². The highest BCUT2D eigenvalue weighted by Crippen LogP contribution is 2.35. The van der Waals surface area contributed by atoms with Gasteiger partial charge >= 0.3 is 0 Å². The van der Waals surface area contributed by atoms with Gasteiger partial charge in [0.2, 0.25) is 0 Å². The molecule has 23 heavy (non-hydrogen) atoms. The number of nitrogens with zero attached hydrogens (tertiary/aromatic N) is 2. The van der Waals surface area contributed by atoms with E-state index in [0.29, 0.717) is 23.3 Å². The Morgan fingerprint density at radius 2 is 1.96 bits per heavy atom. The molecule has 3 aromatic rings. The van der Waals surface area contributed by atoms with Crippen LogP contribution < -0.4 is 10.3 Å². The van der Waals surface area contributed by atoms with Crippen molar-refractivity contribution in [3.63, 3.8) is 0 Å². The van der Waals surface area contributed by atoms with Crippen LogP contribution in [0.3, 0.4) is 0 Å². The van der Waals surface area contributed by atoms with E-state index in [1.165, 1.54) is 6.20 Å². The van der Waals surface area contributed by atoms with E-state index in [1.807, 2.05) is 19.1 Å². The van der Waals surface area contributed by atoms with E-state index in [4.69, 9.17) is 4.74 Å². The predicted octanol–water partition coefficient (Wildman–Crippen LogP) is 3.75. The molecule has 3 rings (SSSR count). The maximum Gasteiger partial charge on any atom is 0.275 e. The van der Waals surface area contributed by atoms with Crippen molar-refractivity contribution in [2.24, 2.45) is 0 Å². The molecule has 0 atom stereocenters. The molecule has 2 heterocycles. The highest BCUT2D eigenvalue weighted by molar-refractivity contribution is 9.11. The monoisotopic (exact) mass is 437 g/mol. The van der Waals surface area contributed by atoms with Gasteiger partial charge in [-0.05, 0) is 62.5 Å². The number of methoxy groups -OCH3 is 1. The Kier molecular flexibility index (Phi) is 4.50. The zero-order chi connectivity index (χ0) is 16.6. The Labute approximate surface area is 149 Å². The number of aromatic nitrogens is 3. The minimum atomic E-state index is -0.269. The molecule has 0 aliphatic heterocycles. The maximum absolute atomic E-state index is 12.3. The fourth-order valence-corrected chi connectivity index (χ4v) is 4.10. The summed E-state index contributed by atoms with van der Waals surface area (Å²) in [5, 5.41) is 0. The molecule has 1 aromatic carbocycles. The number of rotatable bonds is 3. The summed E-state index contributed by atoms with van der Waals surface area (Å²) in [5.41, 5.74) is 2.72. The molecule has 5 nitrogen and oxygen atoms in total. The third kappa shape index (κ3) is 3.16. The predicted molar refractivity (Wildman–Crippen MR) is 96.1 cm³/mol. The molecule has 0 aliphatic rings. The Balaban J connectivity index is 2.16. The maximum atomic E-state index is 12.3. The number of ether oxygens (including phenoxy) is 1. The molecule has 0 aliphatic carbocycles. The quantitative estimate of drug-likeness (QED) is 0.676. The summed E-state index contributed by atoms with van der Waals surface area (Å²) >= 11 is 6.97. The number of H-pyrrole nitrogens is 1. The van der Waals surface area contributed by atoms with Gasteiger partial charge < -0.3 is 9.72 Å². The van der Waals surface area contributed by atoms with Crippen LogP contribution in [-0.2, 0) is 6.42 Å². The molecule has 0 saturated carbocycles. The standard InChI is InChI=1S/C16H13Br2N3O2/c1-8-20-13-3-4-19-16(22)10(14(13)21-8)5-9-6-11(17)15(23-2)12(18)7-9/h3-4,6-7H,5H2,1-2H3,(H,20,21). The second-order valence-corrected chi connectivity index (χ2v) is 6.79. The summed E-state index contributed by atoms with van der Waals surface area (Å²) < 4.78 is 6.95. The summed E-state index contributed by atoms with van der Waals surface area (Å²) in [7, 11) is 1.61. The molecule has 0 unspecified atom stereocenters. The highest BCUT2D eigenvalue weighted by atomic mass is 79.9. The smallest absolute Gasteiger partial charge is 0.275 e. The molecule has 0 saturated heterocycles. The molecule has 0 radical (unpaired) electrons. The van der Waals surface area contributed by atoms with Crippen LogP contribution in [0.2, 0.25) is 0 Å². The molecular formula is C16H13Br2N3O2. The van der Waals surface area contributed by atoms with Crippen LogP contribution >= 0.6 is 31.9 Å². The lowest BCUT2D eigenvalue weighted by molar-refractivity contribution is 0.409. The van der Waals surface area contributed by atoms with Crippen molar-refractivity contribution in [3.05, 3.63) is 60.6 Å². The van der Waals surface area contributed by atoms with Gasteiger partial charge in [0.1, 0.15) is 11.6 Å². The van der Waals surface area contributed by atoms with Crippen LogP contribution in [0, 0.1) is 6.92 Å². The molecule has 0 amide bonds. The van der Waals surface area contributed by atoms with Crippen molar-refractivity contribution in [3.8, 4) is 5.75 Å². The van der Waals surface area contributed by atoms with Gasteiger partial charge in [-0.25, -0.2) is 9.97 Å². The lowest BCUT2D eigenvalue weighted by atomic mass is 10.1. The number of hydrogen-bond acceptors (Lipinski definition) is 4. The molecular weight excluding hydrogens is 426 g/mol. The topological polar surface area (TPSA) is 67.9 Å². The summed E-state index contributed by atoms with van der Waals surface area (Å²) in [6.07, 6.45) is 1.94. The van der Waals surface area contributed by atoms with Crippen molar-refractivity contribution in [1.82, 2.24) is 15.0 Å². The molecule has 0 spiro atoms. The van der Waals surface area contributed by atoms with Crippen molar-refractivity contribution < 1.29 is 4.74 Å². The first kappa shape index (κ1) is 16.1. The molecule has 0 fully saturated rings. The summed E-state index contributed by atoms with van der Waals surface area (Å²) in [5.74, 6) is 1.48. The van der Waals surface area contributed by atoms with E-state index in [-0.39, 0.29) is 5.56 Å². The molecule has 7 heteroatoms. The molecule has 2 aromatic heterocycles. The minimum Gasteiger partial charge on any atom is -0.494 e. The third-order valence-electron chi connectivity index (χ3n) is 3.47. The van der Waals surface area contributed by atoms with E-state index >= 15 is 0 Å². The Bertz CT molecular complexity index is 931. The summed E-state index contributed by atoms with van der Waals surface area (Å²) in [6, 6.07) is 5.63. The van der Waals surface area contributed by atoms with Crippen LogP contribution in [0.25, 0.3) is 11.0 Å². The largest absolute Gasteiger partial charge is 0.494 e. The average Bonchev–Trinajstić information content (AvgIpc) is 2.78. The number of aryl methyl sites for hydroxylation is 1. The van der Waals surface area contributed by atoms with Crippen molar-refractivity contribution in [2.75, 3.05) is 7.11 Å².